The second-order valence-electron chi connectivity index (χ2n) is 3.39. The molecule has 0 aliphatic carbocycles. The van der Waals surface area contributed by atoms with Gasteiger partial charge in [-0.2, -0.15) is 0 Å². The van der Waals surface area contributed by atoms with Crippen molar-refractivity contribution in [1.82, 2.24) is 4.98 Å². The molecular formula is C12H9BrClNO. The Morgan fingerprint density at radius 1 is 1.25 bits per heavy atom. The summed E-state index contributed by atoms with van der Waals surface area (Å²) in [5, 5.41) is 10.7. The van der Waals surface area contributed by atoms with Gasteiger partial charge in [0, 0.05) is 27.5 Å². The summed E-state index contributed by atoms with van der Waals surface area (Å²) >= 11 is 9.27. The van der Waals surface area contributed by atoms with Crippen molar-refractivity contribution in [2.24, 2.45) is 0 Å². The van der Waals surface area contributed by atoms with Gasteiger partial charge in [-0.1, -0.05) is 33.6 Å². The van der Waals surface area contributed by atoms with E-state index in [0.29, 0.717) is 5.02 Å². The number of aliphatic hydroxyl groups excluding tert-OH is 1. The molecule has 1 aromatic carbocycles. The minimum atomic E-state index is -0.705. The molecule has 0 radical (unpaired) electrons. The molecule has 1 heterocycles. The van der Waals surface area contributed by atoms with Gasteiger partial charge in [0.15, 0.2) is 0 Å². The lowest BCUT2D eigenvalue weighted by Crippen LogP contribution is -1.99. The van der Waals surface area contributed by atoms with Crippen molar-refractivity contribution in [2.45, 2.75) is 6.10 Å². The average Bonchev–Trinajstić information content (AvgIpc) is 2.28. The Morgan fingerprint density at radius 2 is 2.06 bits per heavy atom. The van der Waals surface area contributed by atoms with Gasteiger partial charge in [0.2, 0.25) is 0 Å². The van der Waals surface area contributed by atoms with Gasteiger partial charge >= 0.3 is 0 Å². The minimum absolute atomic E-state index is 0.590. The highest BCUT2D eigenvalue weighted by molar-refractivity contribution is 9.10. The third kappa shape index (κ3) is 2.61. The molecule has 0 saturated heterocycles. The zero-order valence-electron chi connectivity index (χ0n) is 8.27. The molecule has 2 rings (SSSR count). The maximum absolute atomic E-state index is 10.1. The fourth-order valence-electron chi connectivity index (χ4n) is 1.46. The van der Waals surface area contributed by atoms with Crippen LogP contribution in [0, 0.1) is 0 Å². The smallest absolute Gasteiger partial charge is 0.106 e. The monoisotopic (exact) mass is 297 g/mol. The highest BCUT2D eigenvalue weighted by atomic mass is 79.9. The van der Waals surface area contributed by atoms with Gasteiger partial charge in [0.25, 0.3) is 0 Å². The standard InChI is InChI=1S/C12H9BrClNO/c13-10-4-9(5-11(14)6-10)12(16)8-2-1-3-15-7-8/h1-7,12,16H. The van der Waals surface area contributed by atoms with E-state index in [-0.39, 0.29) is 0 Å². The lowest BCUT2D eigenvalue weighted by atomic mass is 10.0. The summed E-state index contributed by atoms with van der Waals surface area (Å²) < 4.78 is 0.845. The Balaban J connectivity index is 2.37. The Bertz CT molecular complexity index is 469. The molecule has 0 aliphatic rings. The lowest BCUT2D eigenvalue weighted by molar-refractivity contribution is 0.220. The Kier molecular flexibility index (Phi) is 3.59. The summed E-state index contributed by atoms with van der Waals surface area (Å²) in [5.41, 5.74) is 1.49. The van der Waals surface area contributed by atoms with Crippen LogP contribution < -0.4 is 0 Å². The number of hydrogen-bond donors (Lipinski definition) is 1. The van der Waals surface area contributed by atoms with E-state index >= 15 is 0 Å². The molecule has 2 nitrogen and oxygen atoms in total. The third-order valence-electron chi connectivity index (χ3n) is 2.20. The van der Waals surface area contributed by atoms with Crippen LogP contribution in [0.2, 0.25) is 5.02 Å². The van der Waals surface area contributed by atoms with Crippen molar-refractivity contribution >= 4 is 27.5 Å². The van der Waals surface area contributed by atoms with E-state index in [0.717, 1.165) is 15.6 Å². The van der Waals surface area contributed by atoms with Crippen LogP contribution in [0.25, 0.3) is 0 Å². The summed E-state index contributed by atoms with van der Waals surface area (Å²) in [4.78, 5) is 3.97. The summed E-state index contributed by atoms with van der Waals surface area (Å²) in [6.07, 6.45) is 2.60. The molecule has 1 N–H and O–H groups in total. The number of benzene rings is 1. The number of pyridine rings is 1. The van der Waals surface area contributed by atoms with E-state index in [1.807, 2.05) is 12.1 Å². The van der Waals surface area contributed by atoms with Crippen molar-refractivity contribution in [2.75, 3.05) is 0 Å². The zero-order chi connectivity index (χ0) is 11.5. The molecule has 16 heavy (non-hydrogen) atoms. The van der Waals surface area contributed by atoms with Crippen LogP contribution in [0.4, 0.5) is 0 Å². The summed E-state index contributed by atoms with van der Waals surface area (Å²) in [6.45, 7) is 0. The van der Waals surface area contributed by atoms with Crippen molar-refractivity contribution in [3.63, 3.8) is 0 Å². The second-order valence-corrected chi connectivity index (χ2v) is 4.74. The topological polar surface area (TPSA) is 33.1 Å². The average molecular weight is 299 g/mol. The summed E-state index contributed by atoms with van der Waals surface area (Å²) in [5.74, 6) is 0. The fraction of sp³-hybridized carbons (Fsp3) is 0.0833. The minimum Gasteiger partial charge on any atom is -0.384 e. The highest BCUT2D eigenvalue weighted by Gasteiger charge is 2.11. The molecule has 1 atom stereocenters. The van der Waals surface area contributed by atoms with Crippen molar-refractivity contribution in [1.29, 1.82) is 0 Å². The predicted molar refractivity (Wildman–Crippen MR) is 67.5 cm³/mol. The number of aromatic nitrogens is 1. The first-order valence-electron chi connectivity index (χ1n) is 4.71. The molecule has 2 aromatic rings. The van der Waals surface area contributed by atoms with Crippen LogP contribution in [-0.4, -0.2) is 10.1 Å². The number of nitrogens with zero attached hydrogens (tertiary/aromatic N) is 1. The molecular weight excluding hydrogens is 289 g/mol. The first-order valence-corrected chi connectivity index (χ1v) is 5.88. The van der Waals surface area contributed by atoms with E-state index in [9.17, 15) is 5.11 Å². The van der Waals surface area contributed by atoms with E-state index < -0.39 is 6.10 Å². The van der Waals surface area contributed by atoms with Crippen LogP contribution >= 0.6 is 27.5 Å². The largest absolute Gasteiger partial charge is 0.384 e. The van der Waals surface area contributed by atoms with Crippen LogP contribution in [0.5, 0.6) is 0 Å². The van der Waals surface area contributed by atoms with Crippen molar-refractivity contribution < 1.29 is 5.11 Å². The van der Waals surface area contributed by atoms with E-state index in [4.69, 9.17) is 11.6 Å². The molecule has 82 valence electrons. The van der Waals surface area contributed by atoms with Crippen LogP contribution in [0.3, 0.4) is 0 Å². The fourth-order valence-corrected chi connectivity index (χ4v) is 2.35. The molecule has 0 amide bonds. The first-order chi connectivity index (χ1) is 7.66. The van der Waals surface area contributed by atoms with Gasteiger partial charge in [-0.25, -0.2) is 0 Å². The van der Waals surface area contributed by atoms with Gasteiger partial charge in [0.05, 0.1) is 0 Å². The third-order valence-corrected chi connectivity index (χ3v) is 2.88. The highest BCUT2D eigenvalue weighted by Crippen LogP contribution is 2.27. The molecule has 0 spiro atoms. The second kappa shape index (κ2) is 4.95. The maximum Gasteiger partial charge on any atom is 0.106 e. The molecule has 0 aliphatic heterocycles. The number of aliphatic hydroxyl groups is 1. The summed E-state index contributed by atoms with van der Waals surface area (Å²) in [7, 11) is 0. The van der Waals surface area contributed by atoms with Gasteiger partial charge in [-0.05, 0) is 29.8 Å². The zero-order valence-corrected chi connectivity index (χ0v) is 10.6. The van der Waals surface area contributed by atoms with E-state index in [2.05, 4.69) is 20.9 Å². The lowest BCUT2D eigenvalue weighted by Gasteiger charge is -2.11. The van der Waals surface area contributed by atoms with Gasteiger partial charge in [-0.15, -0.1) is 0 Å². The van der Waals surface area contributed by atoms with Gasteiger partial charge in [0.1, 0.15) is 6.10 Å². The molecule has 4 heteroatoms. The van der Waals surface area contributed by atoms with E-state index in [1.54, 1.807) is 30.6 Å². The Hall–Kier alpha value is -0.900. The molecule has 0 fully saturated rings. The number of halogens is 2. The number of hydrogen-bond acceptors (Lipinski definition) is 2. The van der Waals surface area contributed by atoms with Gasteiger partial charge < -0.3 is 5.11 Å². The van der Waals surface area contributed by atoms with Crippen molar-refractivity contribution in [3.05, 3.63) is 63.3 Å². The van der Waals surface area contributed by atoms with E-state index in [1.165, 1.54) is 0 Å². The first kappa shape index (κ1) is 11.6. The van der Waals surface area contributed by atoms with Crippen LogP contribution in [0.15, 0.2) is 47.2 Å². The maximum atomic E-state index is 10.1. The molecule has 0 bridgehead atoms. The SMILES string of the molecule is OC(c1cccnc1)c1cc(Cl)cc(Br)c1. The molecule has 1 aromatic heterocycles. The normalized spacial score (nSPS) is 12.4. The Labute approximate surface area is 107 Å². The summed E-state index contributed by atoms with van der Waals surface area (Å²) in [6, 6.07) is 8.97. The molecule has 0 saturated carbocycles. The van der Waals surface area contributed by atoms with Gasteiger partial charge in [-0.3, -0.25) is 4.98 Å². The number of rotatable bonds is 2. The quantitative estimate of drug-likeness (QED) is 0.919. The molecule has 1 unspecified atom stereocenters. The van der Waals surface area contributed by atoms with Crippen LogP contribution in [0.1, 0.15) is 17.2 Å². The predicted octanol–water partition coefficient (Wildman–Crippen LogP) is 3.58. The Morgan fingerprint density at radius 3 is 2.69 bits per heavy atom. The van der Waals surface area contributed by atoms with Crippen molar-refractivity contribution in [3.8, 4) is 0 Å². The van der Waals surface area contributed by atoms with Crippen LogP contribution in [-0.2, 0) is 0 Å².